The standard InChI is InChI=1S/C18H28OSi2/c1-20(2,3)16-11-13-12-19-15-10-8-7-9-14(17(13)15)18(16)21(4,5)6/h7-8,11,15H,9-10,12H2,1-6H3. The van der Waals surface area contributed by atoms with Gasteiger partial charge in [-0.05, 0) is 29.5 Å². The maximum Gasteiger partial charge on any atom is 0.0870 e. The summed E-state index contributed by atoms with van der Waals surface area (Å²) in [5.74, 6) is 0. The summed E-state index contributed by atoms with van der Waals surface area (Å²) in [7, 11) is -2.71. The van der Waals surface area contributed by atoms with Crippen molar-refractivity contribution >= 4 is 26.5 Å². The fourth-order valence-electron chi connectivity index (χ4n) is 3.88. The first-order valence-electron chi connectivity index (χ1n) is 8.16. The van der Waals surface area contributed by atoms with Crippen molar-refractivity contribution in [2.75, 3.05) is 0 Å². The summed E-state index contributed by atoms with van der Waals surface area (Å²) in [6, 6.07) is 2.53. The van der Waals surface area contributed by atoms with Crippen molar-refractivity contribution in [3.05, 3.63) is 34.9 Å². The van der Waals surface area contributed by atoms with Crippen LogP contribution in [0.25, 0.3) is 0 Å². The van der Waals surface area contributed by atoms with E-state index in [1.807, 2.05) is 0 Å². The summed E-state index contributed by atoms with van der Waals surface area (Å²) < 4.78 is 6.10. The Kier molecular flexibility index (Phi) is 3.58. The van der Waals surface area contributed by atoms with Crippen molar-refractivity contribution in [1.82, 2.24) is 0 Å². The van der Waals surface area contributed by atoms with Gasteiger partial charge in [0.05, 0.1) is 28.9 Å². The highest BCUT2D eigenvalue weighted by molar-refractivity contribution is 6.98. The molecule has 0 N–H and O–H groups in total. The maximum absolute atomic E-state index is 6.10. The fourth-order valence-corrected chi connectivity index (χ4v) is 9.66. The van der Waals surface area contributed by atoms with Gasteiger partial charge < -0.3 is 4.74 Å². The highest BCUT2D eigenvalue weighted by Gasteiger charge is 2.36. The molecule has 1 aliphatic heterocycles. The van der Waals surface area contributed by atoms with E-state index in [4.69, 9.17) is 4.74 Å². The quantitative estimate of drug-likeness (QED) is 0.595. The molecule has 3 rings (SSSR count). The molecule has 0 amide bonds. The SMILES string of the molecule is C[Si](C)(C)c1cc2c3c(c1[Si](C)(C)C)CC=CCC3OC2. The van der Waals surface area contributed by atoms with E-state index in [0.29, 0.717) is 6.10 Å². The van der Waals surface area contributed by atoms with Gasteiger partial charge in [0.1, 0.15) is 0 Å². The second-order valence-corrected chi connectivity index (χ2v) is 18.6. The Balaban J connectivity index is 2.35. The van der Waals surface area contributed by atoms with Gasteiger partial charge in [-0.15, -0.1) is 0 Å². The van der Waals surface area contributed by atoms with Gasteiger partial charge >= 0.3 is 0 Å². The molecule has 0 aromatic heterocycles. The predicted molar refractivity (Wildman–Crippen MR) is 97.4 cm³/mol. The molecule has 0 spiro atoms. The van der Waals surface area contributed by atoms with E-state index in [2.05, 4.69) is 57.5 Å². The van der Waals surface area contributed by atoms with Crippen LogP contribution in [0.2, 0.25) is 39.3 Å². The van der Waals surface area contributed by atoms with Crippen LogP contribution in [0.15, 0.2) is 18.2 Å². The van der Waals surface area contributed by atoms with E-state index in [0.717, 1.165) is 19.4 Å². The molecule has 114 valence electrons. The van der Waals surface area contributed by atoms with Gasteiger partial charge in [-0.2, -0.15) is 0 Å². The van der Waals surface area contributed by atoms with Crippen molar-refractivity contribution in [3.8, 4) is 0 Å². The minimum Gasteiger partial charge on any atom is -0.368 e. The highest BCUT2D eigenvalue weighted by atomic mass is 28.3. The molecule has 0 saturated carbocycles. The first-order chi connectivity index (χ1) is 9.69. The first-order valence-corrected chi connectivity index (χ1v) is 15.2. The van der Waals surface area contributed by atoms with Crippen molar-refractivity contribution < 1.29 is 4.74 Å². The van der Waals surface area contributed by atoms with E-state index in [-0.39, 0.29) is 0 Å². The highest BCUT2D eigenvalue weighted by Crippen LogP contribution is 2.37. The Labute approximate surface area is 131 Å². The molecule has 2 aliphatic rings. The van der Waals surface area contributed by atoms with E-state index in [9.17, 15) is 0 Å². The molecule has 1 nitrogen and oxygen atoms in total. The summed E-state index contributed by atoms with van der Waals surface area (Å²) in [6.45, 7) is 15.8. The third kappa shape index (κ3) is 2.60. The average molecular weight is 317 g/mol. The molecule has 1 aromatic carbocycles. The van der Waals surface area contributed by atoms with Gasteiger partial charge in [-0.3, -0.25) is 0 Å². The van der Waals surface area contributed by atoms with E-state index < -0.39 is 16.1 Å². The monoisotopic (exact) mass is 316 g/mol. The number of rotatable bonds is 2. The second-order valence-electron chi connectivity index (χ2n) is 8.56. The zero-order chi connectivity index (χ0) is 15.4. The molecule has 1 aliphatic carbocycles. The van der Waals surface area contributed by atoms with Crippen LogP contribution in [0.5, 0.6) is 0 Å². The summed E-state index contributed by atoms with van der Waals surface area (Å²) in [4.78, 5) is 0. The molecule has 0 radical (unpaired) electrons. The molecule has 0 bridgehead atoms. The predicted octanol–water partition coefficient (Wildman–Crippen LogP) is 3.85. The molecule has 3 heteroatoms. The van der Waals surface area contributed by atoms with Gasteiger partial charge in [-0.1, -0.05) is 67.9 Å². The molecule has 1 aromatic rings. The summed E-state index contributed by atoms with van der Waals surface area (Å²) in [5, 5.41) is 3.46. The lowest BCUT2D eigenvalue weighted by Crippen LogP contribution is -2.58. The van der Waals surface area contributed by atoms with Crippen LogP contribution in [0.3, 0.4) is 0 Å². The lowest BCUT2D eigenvalue weighted by atomic mass is 9.97. The van der Waals surface area contributed by atoms with Gasteiger partial charge in [0.25, 0.3) is 0 Å². The molecule has 1 atom stereocenters. The minimum atomic E-state index is -1.37. The third-order valence-electron chi connectivity index (χ3n) is 4.72. The normalized spacial score (nSPS) is 21.3. The number of hydrogen-bond donors (Lipinski definition) is 0. The Hall–Kier alpha value is -0.646. The molecular formula is C18H28OSi2. The topological polar surface area (TPSA) is 9.23 Å². The van der Waals surface area contributed by atoms with E-state index in [1.54, 1.807) is 21.5 Å². The Morgan fingerprint density at radius 3 is 2.33 bits per heavy atom. The number of benzene rings is 1. The average Bonchev–Trinajstić information content (AvgIpc) is 2.61. The number of allylic oxidation sites excluding steroid dienone is 1. The first kappa shape index (κ1) is 15.3. The Morgan fingerprint density at radius 2 is 1.71 bits per heavy atom. The van der Waals surface area contributed by atoms with E-state index >= 15 is 0 Å². The molecule has 21 heavy (non-hydrogen) atoms. The largest absolute Gasteiger partial charge is 0.368 e. The zero-order valence-electron chi connectivity index (χ0n) is 14.3. The molecule has 1 unspecified atom stereocenters. The lowest BCUT2D eigenvalue weighted by molar-refractivity contribution is 0.0685. The smallest absolute Gasteiger partial charge is 0.0870 e. The molecule has 0 fully saturated rings. The van der Waals surface area contributed by atoms with Crippen molar-refractivity contribution in [1.29, 1.82) is 0 Å². The Bertz CT molecular complexity index is 603. The van der Waals surface area contributed by atoms with Crippen molar-refractivity contribution in [3.63, 3.8) is 0 Å². The van der Waals surface area contributed by atoms with Crippen LogP contribution in [0, 0.1) is 0 Å². The zero-order valence-corrected chi connectivity index (χ0v) is 16.3. The van der Waals surface area contributed by atoms with Crippen LogP contribution in [-0.4, -0.2) is 16.1 Å². The van der Waals surface area contributed by atoms with Crippen LogP contribution in [0.1, 0.15) is 29.2 Å². The van der Waals surface area contributed by atoms with Crippen LogP contribution in [0.4, 0.5) is 0 Å². The third-order valence-corrected chi connectivity index (χ3v) is 9.05. The van der Waals surface area contributed by atoms with Crippen LogP contribution < -0.4 is 10.4 Å². The maximum atomic E-state index is 6.10. The Morgan fingerprint density at radius 1 is 1.00 bits per heavy atom. The van der Waals surface area contributed by atoms with Crippen molar-refractivity contribution in [2.45, 2.75) is 64.8 Å². The van der Waals surface area contributed by atoms with Gasteiger partial charge in [0, 0.05) is 0 Å². The van der Waals surface area contributed by atoms with Crippen LogP contribution >= 0.6 is 0 Å². The summed E-state index contributed by atoms with van der Waals surface area (Å²) in [6.07, 6.45) is 7.17. The number of hydrogen-bond acceptors (Lipinski definition) is 1. The van der Waals surface area contributed by atoms with Gasteiger partial charge in [-0.25, -0.2) is 0 Å². The van der Waals surface area contributed by atoms with Gasteiger partial charge in [0.15, 0.2) is 0 Å². The van der Waals surface area contributed by atoms with E-state index in [1.165, 1.54) is 5.56 Å². The number of ether oxygens (including phenoxy) is 1. The molecular weight excluding hydrogens is 288 g/mol. The summed E-state index contributed by atoms with van der Waals surface area (Å²) in [5.41, 5.74) is 4.68. The van der Waals surface area contributed by atoms with Gasteiger partial charge in [0.2, 0.25) is 0 Å². The second kappa shape index (κ2) is 4.93. The molecule has 1 heterocycles. The lowest BCUT2D eigenvalue weighted by Gasteiger charge is -2.32. The molecule has 0 saturated heterocycles. The minimum absolute atomic E-state index is 0.319. The van der Waals surface area contributed by atoms with Crippen molar-refractivity contribution in [2.24, 2.45) is 0 Å². The fraction of sp³-hybridized carbons (Fsp3) is 0.556. The summed E-state index contributed by atoms with van der Waals surface area (Å²) >= 11 is 0. The van der Waals surface area contributed by atoms with Crippen LogP contribution in [-0.2, 0) is 17.8 Å².